The van der Waals surface area contributed by atoms with Gasteiger partial charge in [-0.2, -0.15) is 0 Å². The zero-order valence-corrected chi connectivity index (χ0v) is 23.8. The lowest BCUT2D eigenvalue weighted by Crippen LogP contribution is -2.46. The number of methoxy groups -OCH3 is 2. The number of nitrogens with two attached hydrogens (primary N) is 1. The standard InChI is InChI=1S/C26H40ClN7O4/c1-29-25-22(32-23(27)24(28)33-25)26(36)31-14-16-34(2,3)15-8-6-7-13-30-21(35)12-10-18-9-11-19(37-4)20(17-18)38-5/h9,11,17H,6-8,10,12-16H2,1-5H3,(H4-,28,29,30,31,33,35,36)/p+1. The number of hydrogen-bond donors (Lipinski definition) is 4. The molecule has 5 N–H and O–H groups in total. The van der Waals surface area contributed by atoms with Gasteiger partial charge in [0.25, 0.3) is 5.91 Å². The van der Waals surface area contributed by atoms with Gasteiger partial charge >= 0.3 is 0 Å². The Bertz CT molecular complexity index is 1080. The number of ether oxygens (including phenoxy) is 2. The summed E-state index contributed by atoms with van der Waals surface area (Å²) in [6.45, 7) is 2.85. The van der Waals surface area contributed by atoms with Gasteiger partial charge < -0.3 is 35.6 Å². The van der Waals surface area contributed by atoms with Crippen LogP contribution in [-0.2, 0) is 11.2 Å². The van der Waals surface area contributed by atoms with Crippen LogP contribution in [-0.4, -0.2) is 87.8 Å². The lowest BCUT2D eigenvalue weighted by atomic mass is 10.1. The molecule has 0 aliphatic carbocycles. The molecule has 1 aromatic carbocycles. The zero-order valence-electron chi connectivity index (χ0n) is 23.0. The number of quaternary nitrogens is 1. The lowest BCUT2D eigenvalue weighted by molar-refractivity contribution is -0.889. The lowest BCUT2D eigenvalue weighted by Gasteiger charge is -2.30. The molecule has 1 aromatic heterocycles. The number of unbranched alkanes of at least 4 members (excludes halogenated alkanes) is 2. The van der Waals surface area contributed by atoms with Crippen molar-refractivity contribution in [3.8, 4) is 11.5 Å². The average molecular weight is 551 g/mol. The molecule has 210 valence electrons. The number of amides is 2. The third-order valence-electron chi connectivity index (χ3n) is 6.18. The third-order valence-corrected chi connectivity index (χ3v) is 6.46. The number of carbonyl (C=O) groups is 2. The number of nitrogen functional groups attached to an aromatic ring is 1. The summed E-state index contributed by atoms with van der Waals surface area (Å²) < 4.78 is 11.3. The Balaban J connectivity index is 1.61. The van der Waals surface area contributed by atoms with Crippen molar-refractivity contribution in [1.29, 1.82) is 0 Å². The van der Waals surface area contributed by atoms with E-state index in [9.17, 15) is 9.59 Å². The predicted molar refractivity (Wildman–Crippen MR) is 150 cm³/mol. The largest absolute Gasteiger partial charge is 0.493 e. The molecular formula is C26H41ClN7O4+. The fourth-order valence-electron chi connectivity index (χ4n) is 3.88. The van der Waals surface area contributed by atoms with E-state index in [4.69, 9.17) is 26.8 Å². The van der Waals surface area contributed by atoms with Crippen molar-refractivity contribution >= 4 is 35.1 Å². The summed E-state index contributed by atoms with van der Waals surface area (Å²) >= 11 is 5.92. The highest BCUT2D eigenvalue weighted by Crippen LogP contribution is 2.28. The molecule has 0 spiro atoms. The van der Waals surface area contributed by atoms with Crippen molar-refractivity contribution in [1.82, 2.24) is 20.6 Å². The molecule has 0 saturated heterocycles. The van der Waals surface area contributed by atoms with Crippen LogP contribution < -0.4 is 31.2 Å². The van der Waals surface area contributed by atoms with Crippen LogP contribution in [0.15, 0.2) is 18.2 Å². The van der Waals surface area contributed by atoms with Crippen LogP contribution in [0.3, 0.4) is 0 Å². The summed E-state index contributed by atoms with van der Waals surface area (Å²) in [6.07, 6.45) is 4.01. The van der Waals surface area contributed by atoms with Gasteiger partial charge in [-0.15, -0.1) is 0 Å². The summed E-state index contributed by atoms with van der Waals surface area (Å²) in [4.78, 5) is 32.8. The molecule has 2 rings (SSSR count). The van der Waals surface area contributed by atoms with Crippen LogP contribution in [0.1, 0.15) is 41.7 Å². The van der Waals surface area contributed by atoms with Gasteiger partial charge in [0, 0.05) is 20.0 Å². The normalized spacial score (nSPS) is 11.1. The highest BCUT2D eigenvalue weighted by atomic mass is 35.5. The number of nitrogens with one attached hydrogen (secondary N) is 3. The highest BCUT2D eigenvalue weighted by molar-refractivity contribution is 6.31. The minimum absolute atomic E-state index is 0.000596. The summed E-state index contributed by atoms with van der Waals surface area (Å²) in [7, 11) is 9.09. The van der Waals surface area contributed by atoms with E-state index < -0.39 is 0 Å². The topological polar surface area (TPSA) is 140 Å². The zero-order chi connectivity index (χ0) is 28.1. The molecule has 1 heterocycles. The Hall–Kier alpha value is -3.31. The Morgan fingerprint density at radius 3 is 2.42 bits per heavy atom. The minimum atomic E-state index is -0.356. The fraction of sp³-hybridized carbons (Fsp3) is 0.538. The number of carbonyl (C=O) groups excluding carboxylic acids is 2. The van der Waals surface area contributed by atoms with Gasteiger partial charge in [0.2, 0.25) is 5.91 Å². The first-order chi connectivity index (χ1) is 18.1. The van der Waals surface area contributed by atoms with E-state index in [1.54, 1.807) is 21.3 Å². The summed E-state index contributed by atoms with van der Waals surface area (Å²) in [5.74, 6) is 1.38. The molecule has 2 amide bonds. The number of hydrogen-bond acceptors (Lipinski definition) is 8. The number of rotatable bonds is 16. The van der Waals surface area contributed by atoms with E-state index in [1.165, 1.54) is 0 Å². The number of anilines is 2. The van der Waals surface area contributed by atoms with Gasteiger partial charge in [-0.3, -0.25) is 9.59 Å². The van der Waals surface area contributed by atoms with E-state index >= 15 is 0 Å². The molecule has 0 aliphatic rings. The third kappa shape index (κ3) is 9.86. The molecule has 0 saturated carbocycles. The molecular weight excluding hydrogens is 510 g/mol. The first-order valence-corrected chi connectivity index (χ1v) is 13.1. The molecule has 0 unspecified atom stereocenters. The Labute approximate surface area is 230 Å². The second kappa shape index (κ2) is 15.2. The Morgan fingerprint density at radius 2 is 1.74 bits per heavy atom. The molecule has 12 heteroatoms. The smallest absolute Gasteiger partial charge is 0.274 e. The maximum absolute atomic E-state index is 12.5. The molecule has 2 aromatic rings. The van der Waals surface area contributed by atoms with E-state index in [2.05, 4.69) is 40.0 Å². The van der Waals surface area contributed by atoms with Crippen molar-refractivity contribution < 1.29 is 23.5 Å². The molecule has 0 fully saturated rings. The number of nitrogens with zero attached hydrogens (tertiary/aromatic N) is 3. The van der Waals surface area contributed by atoms with E-state index in [1.807, 2.05) is 18.2 Å². The van der Waals surface area contributed by atoms with Crippen LogP contribution >= 0.6 is 11.6 Å². The first-order valence-electron chi connectivity index (χ1n) is 12.7. The average Bonchev–Trinajstić information content (AvgIpc) is 2.90. The van der Waals surface area contributed by atoms with Gasteiger partial charge in [-0.1, -0.05) is 17.7 Å². The van der Waals surface area contributed by atoms with Crippen LogP contribution in [0.4, 0.5) is 11.6 Å². The summed E-state index contributed by atoms with van der Waals surface area (Å²) in [6, 6.07) is 5.70. The van der Waals surface area contributed by atoms with Gasteiger partial charge in [0.15, 0.2) is 34.0 Å². The molecule has 0 bridgehead atoms. The van der Waals surface area contributed by atoms with Crippen LogP contribution in [0.5, 0.6) is 11.5 Å². The fourth-order valence-corrected chi connectivity index (χ4v) is 4.01. The second-order valence-corrected chi connectivity index (χ2v) is 9.94. The molecule has 0 atom stereocenters. The molecule has 0 radical (unpaired) electrons. The van der Waals surface area contributed by atoms with Crippen molar-refractivity contribution in [3.05, 3.63) is 34.6 Å². The van der Waals surface area contributed by atoms with E-state index in [-0.39, 0.29) is 34.3 Å². The van der Waals surface area contributed by atoms with Crippen LogP contribution in [0.2, 0.25) is 5.15 Å². The van der Waals surface area contributed by atoms with Crippen LogP contribution in [0.25, 0.3) is 0 Å². The summed E-state index contributed by atoms with van der Waals surface area (Å²) in [5.41, 5.74) is 6.80. The van der Waals surface area contributed by atoms with Gasteiger partial charge in [-0.25, -0.2) is 9.97 Å². The molecule has 38 heavy (non-hydrogen) atoms. The van der Waals surface area contributed by atoms with Gasteiger partial charge in [-0.05, 0) is 43.4 Å². The number of aryl methyl sites for hydroxylation is 1. The first kappa shape index (κ1) is 30.9. The number of halogens is 1. The van der Waals surface area contributed by atoms with Gasteiger partial charge in [0.1, 0.15) is 0 Å². The van der Waals surface area contributed by atoms with Gasteiger partial charge in [0.05, 0.1) is 47.9 Å². The SMILES string of the molecule is CNc1nc(N)c(Cl)nc1C(=O)NCC[N+](C)(C)CCCCCNC(=O)CCc1ccc(OC)c(OC)c1. The second-order valence-electron chi connectivity index (χ2n) is 9.59. The monoisotopic (exact) mass is 550 g/mol. The molecule has 0 aliphatic heterocycles. The van der Waals surface area contributed by atoms with E-state index in [0.29, 0.717) is 37.4 Å². The van der Waals surface area contributed by atoms with Crippen molar-refractivity contribution in [2.75, 3.05) is 72.6 Å². The highest BCUT2D eigenvalue weighted by Gasteiger charge is 2.19. The minimum Gasteiger partial charge on any atom is -0.493 e. The predicted octanol–water partition coefficient (Wildman–Crippen LogP) is 2.50. The Kier molecular flexibility index (Phi) is 12.4. The Morgan fingerprint density at radius 1 is 1.00 bits per heavy atom. The maximum atomic E-state index is 12.5. The summed E-state index contributed by atoms with van der Waals surface area (Å²) in [5, 5.41) is 8.69. The van der Waals surface area contributed by atoms with E-state index in [0.717, 1.165) is 42.4 Å². The van der Waals surface area contributed by atoms with Crippen molar-refractivity contribution in [2.24, 2.45) is 0 Å². The number of benzene rings is 1. The number of likely N-dealkylation sites (N-methyl/N-ethyl adjacent to an activating group) is 1. The molecule has 11 nitrogen and oxygen atoms in total. The maximum Gasteiger partial charge on any atom is 0.274 e. The van der Waals surface area contributed by atoms with Crippen molar-refractivity contribution in [3.63, 3.8) is 0 Å². The quantitative estimate of drug-likeness (QED) is 0.184. The van der Waals surface area contributed by atoms with Crippen LogP contribution in [0, 0.1) is 0 Å². The number of aromatic nitrogens is 2. The van der Waals surface area contributed by atoms with Crippen molar-refractivity contribution in [2.45, 2.75) is 32.1 Å².